The number of piperidine rings is 1. The first kappa shape index (κ1) is 21.5. The van der Waals surface area contributed by atoms with Gasteiger partial charge in [0.1, 0.15) is 6.10 Å². The summed E-state index contributed by atoms with van der Waals surface area (Å²) in [5.41, 5.74) is 0.864. The molecule has 7 rings (SSSR count). The first-order valence-corrected chi connectivity index (χ1v) is 13.8. The van der Waals surface area contributed by atoms with Crippen molar-refractivity contribution in [3.8, 4) is 11.5 Å². The average Bonchev–Trinajstić information content (AvgIpc) is 3.46. The summed E-state index contributed by atoms with van der Waals surface area (Å²) in [6.45, 7) is 5.01. The Labute approximate surface area is 202 Å². The third kappa shape index (κ3) is 2.67. The van der Waals surface area contributed by atoms with Gasteiger partial charge >= 0.3 is 0 Å². The molecule has 4 fully saturated rings. The molecule has 6 nitrogen and oxygen atoms in total. The average molecular weight is 467 g/mol. The van der Waals surface area contributed by atoms with Crippen molar-refractivity contribution in [1.29, 1.82) is 0 Å². The zero-order valence-corrected chi connectivity index (χ0v) is 20.3. The fraction of sp³-hybridized carbons (Fsp3) is 0.750. The Morgan fingerprint density at radius 3 is 2.79 bits per heavy atom. The van der Waals surface area contributed by atoms with Crippen LogP contribution in [0.3, 0.4) is 0 Å². The minimum Gasteiger partial charge on any atom is -0.504 e. The fourth-order valence-electron chi connectivity index (χ4n) is 8.59. The molecule has 1 amide bonds. The van der Waals surface area contributed by atoms with Gasteiger partial charge in [-0.25, -0.2) is 0 Å². The van der Waals surface area contributed by atoms with Gasteiger partial charge in [-0.3, -0.25) is 9.69 Å². The summed E-state index contributed by atoms with van der Waals surface area (Å²) >= 11 is 0. The largest absolute Gasteiger partial charge is 0.504 e. The van der Waals surface area contributed by atoms with E-state index in [1.165, 1.54) is 18.4 Å². The van der Waals surface area contributed by atoms with Crippen molar-refractivity contribution in [3.63, 3.8) is 0 Å². The zero-order chi connectivity index (χ0) is 23.2. The quantitative estimate of drug-likeness (QED) is 0.673. The molecule has 3 aliphatic heterocycles. The van der Waals surface area contributed by atoms with E-state index in [1.807, 2.05) is 0 Å². The number of phenols is 1. The molecule has 2 saturated carbocycles. The first-order chi connectivity index (χ1) is 16.5. The standard InChI is InChI=1S/C28H38N2O4/c1-2-3-4-18-10-13-30(26(18)32)20-9-11-28(33)22-15-19-7-8-21(31)24-23(19)27(28,25(20)34-24)12-14-29(22)16-17-5-6-17/h7-8,17-18,20,22,25,31,33H,2-6,9-16H2,1H3/t18?,20-,22+,25-,27-,28+/m0/s1. The van der Waals surface area contributed by atoms with Gasteiger partial charge in [-0.15, -0.1) is 0 Å². The normalized spacial score (nSPS) is 40.4. The fourth-order valence-corrected chi connectivity index (χ4v) is 8.59. The lowest BCUT2D eigenvalue weighted by Gasteiger charge is -2.64. The number of hydrogen-bond acceptors (Lipinski definition) is 5. The summed E-state index contributed by atoms with van der Waals surface area (Å²) in [7, 11) is 0. The van der Waals surface area contributed by atoms with Crippen LogP contribution < -0.4 is 4.74 Å². The first-order valence-electron chi connectivity index (χ1n) is 13.8. The summed E-state index contributed by atoms with van der Waals surface area (Å²) in [6.07, 6.45) is 9.57. The SMILES string of the molecule is CCCCC1CCN([C@H]2CC[C@@]3(O)[C@H]4Cc5ccc(O)c6c5[C@@]3(CCN4CC3CC3)[C@H]2O6)C1=O. The summed E-state index contributed by atoms with van der Waals surface area (Å²) < 4.78 is 6.67. The van der Waals surface area contributed by atoms with Gasteiger partial charge in [0.05, 0.1) is 17.1 Å². The number of rotatable bonds is 6. The van der Waals surface area contributed by atoms with E-state index in [0.717, 1.165) is 76.1 Å². The van der Waals surface area contributed by atoms with Crippen molar-refractivity contribution < 1.29 is 19.7 Å². The second kappa shape index (κ2) is 7.36. The van der Waals surface area contributed by atoms with Gasteiger partial charge in [-0.2, -0.15) is 0 Å². The third-order valence-corrected chi connectivity index (χ3v) is 10.4. The van der Waals surface area contributed by atoms with Gasteiger partial charge in [-0.1, -0.05) is 25.8 Å². The predicted octanol–water partition coefficient (Wildman–Crippen LogP) is 3.36. The highest BCUT2D eigenvalue weighted by Gasteiger charge is 2.73. The Balaban J connectivity index is 1.29. The molecule has 0 aromatic heterocycles. The second-order valence-corrected chi connectivity index (χ2v) is 12.1. The van der Waals surface area contributed by atoms with E-state index in [-0.39, 0.29) is 35.8 Å². The topological polar surface area (TPSA) is 73.2 Å². The molecule has 0 radical (unpaired) electrons. The van der Waals surface area contributed by atoms with Crippen LogP contribution in [-0.4, -0.2) is 69.3 Å². The Morgan fingerprint density at radius 1 is 1.15 bits per heavy atom. The number of aromatic hydroxyl groups is 1. The van der Waals surface area contributed by atoms with Crippen LogP contribution in [0.25, 0.3) is 0 Å². The van der Waals surface area contributed by atoms with Gasteiger partial charge in [0, 0.05) is 30.6 Å². The number of unbranched alkanes of at least 4 members (excludes halogenated alkanes) is 1. The smallest absolute Gasteiger partial charge is 0.226 e. The number of aliphatic hydroxyl groups is 1. The molecule has 184 valence electrons. The summed E-state index contributed by atoms with van der Waals surface area (Å²) in [5, 5.41) is 23.4. The van der Waals surface area contributed by atoms with Crippen LogP contribution in [-0.2, 0) is 16.6 Å². The lowest BCUT2D eigenvalue weighted by Crippen LogP contribution is -2.78. The molecule has 2 bridgehead atoms. The van der Waals surface area contributed by atoms with E-state index in [9.17, 15) is 15.0 Å². The number of carbonyl (C=O) groups excluding carboxylic acids is 1. The van der Waals surface area contributed by atoms with Gasteiger partial charge in [0.15, 0.2) is 11.5 Å². The van der Waals surface area contributed by atoms with Gasteiger partial charge < -0.3 is 19.8 Å². The number of amides is 1. The van der Waals surface area contributed by atoms with Crippen molar-refractivity contribution in [2.24, 2.45) is 11.8 Å². The molecule has 6 atom stereocenters. The molecular formula is C28H38N2O4. The van der Waals surface area contributed by atoms with E-state index < -0.39 is 11.0 Å². The van der Waals surface area contributed by atoms with E-state index in [4.69, 9.17) is 4.74 Å². The van der Waals surface area contributed by atoms with Crippen LogP contribution in [0.2, 0.25) is 0 Å². The van der Waals surface area contributed by atoms with Gasteiger partial charge in [0.2, 0.25) is 5.91 Å². The molecular weight excluding hydrogens is 428 g/mol. The highest BCUT2D eigenvalue weighted by molar-refractivity contribution is 5.81. The maximum atomic E-state index is 13.5. The summed E-state index contributed by atoms with van der Waals surface area (Å²) in [5.74, 6) is 1.95. The van der Waals surface area contributed by atoms with E-state index in [1.54, 1.807) is 6.07 Å². The molecule has 2 saturated heterocycles. The van der Waals surface area contributed by atoms with Crippen molar-refractivity contribution in [1.82, 2.24) is 9.80 Å². The number of carbonyl (C=O) groups is 1. The minimum atomic E-state index is -0.877. The number of ether oxygens (including phenoxy) is 1. The van der Waals surface area contributed by atoms with Crippen molar-refractivity contribution in [2.75, 3.05) is 19.6 Å². The van der Waals surface area contributed by atoms with Crippen LogP contribution >= 0.6 is 0 Å². The number of hydrogen-bond donors (Lipinski definition) is 2. The van der Waals surface area contributed by atoms with Crippen molar-refractivity contribution in [3.05, 3.63) is 23.3 Å². The molecule has 1 aromatic carbocycles. The maximum absolute atomic E-state index is 13.5. The molecule has 3 heterocycles. The molecule has 1 unspecified atom stereocenters. The summed E-state index contributed by atoms with van der Waals surface area (Å²) in [6, 6.07) is 3.88. The Bertz CT molecular complexity index is 1020. The van der Waals surface area contributed by atoms with Crippen LogP contribution in [0.4, 0.5) is 0 Å². The Morgan fingerprint density at radius 2 is 2.00 bits per heavy atom. The van der Waals surface area contributed by atoms with Crippen LogP contribution in [0, 0.1) is 11.8 Å². The molecule has 1 aromatic rings. The minimum absolute atomic E-state index is 0.0345. The molecule has 34 heavy (non-hydrogen) atoms. The van der Waals surface area contributed by atoms with Crippen LogP contribution in [0.5, 0.6) is 11.5 Å². The number of nitrogens with zero attached hydrogens (tertiary/aromatic N) is 2. The second-order valence-electron chi connectivity index (χ2n) is 12.1. The number of phenolic OH excluding ortho intramolecular Hbond substituents is 1. The van der Waals surface area contributed by atoms with E-state index in [0.29, 0.717) is 12.2 Å². The van der Waals surface area contributed by atoms with Gasteiger partial charge in [0.25, 0.3) is 0 Å². The highest BCUT2D eigenvalue weighted by Crippen LogP contribution is 2.66. The van der Waals surface area contributed by atoms with Crippen molar-refractivity contribution in [2.45, 2.75) is 100 Å². The number of likely N-dealkylation sites (tertiary alicyclic amines) is 2. The van der Waals surface area contributed by atoms with Crippen LogP contribution in [0.15, 0.2) is 12.1 Å². The Kier molecular flexibility index (Phi) is 4.65. The van der Waals surface area contributed by atoms with E-state index >= 15 is 0 Å². The molecule has 2 N–H and O–H groups in total. The third-order valence-electron chi connectivity index (χ3n) is 10.4. The highest BCUT2D eigenvalue weighted by atomic mass is 16.5. The molecule has 6 heteroatoms. The van der Waals surface area contributed by atoms with Crippen LogP contribution in [0.1, 0.15) is 75.8 Å². The zero-order valence-electron chi connectivity index (χ0n) is 20.3. The molecule has 3 aliphatic carbocycles. The predicted molar refractivity (Wildman–Crippen MR) is 128 cm³/mol. The lowest BCUT2D eigenvalue weighted by molar-refractivity contribution is -0.200. The summed E-state index contributed by atoms with van der Waals surface area (Å²) in [4.78, 5) is 18.1. The number of benzene rings is 1. The maximum Gasteiger partial charge on any atom is 0.226 e. The van der Waals surface area contributed by atoms with Crippen molar-refractivity contribution >= 4 is 5.91 Å². The van der Waals surface area contributed by atoms with Gasteiger partial charge in [-0.05, 0) is 75.5 Å². The van der Waals surface area contributed by atoms with E-state index in [2.05, 4.69) is 22.8 Å². The monoisotopic (exact) mass is 466 g/mol. The lowest BCUT2D eigenvalue weighted by atomic mass is 9.48. The molecule has 6 aliphatic rings. The Hall–Kier alpha value is -1.79. The molecule has 1 spiro atoms.